The molecule has 8 heteroatoms. The number of fused-ring (bicyclic) bond motifs is 1. The predicted octanol–water partition coefficient (Wildman–Crippen LogP) is 2.79. The van der Waals surface area contributed by atoms with Crippen LogP contribution in [-0.4, -0.2) is 21.2 Å². The van der Waals surface area contributed by atoms with Gasteiger partial charge in [-0.2, -0.15) is 10.2 Å². The van der Waals surface area contributed by atoms with Crippen LogP contribution in [0.2, 0.25) is 5.02 Å². The number of rotatable bonds is 2. The monoisotopic (exact) mass is 312 g/mol. The first-order valence-corrected chi connectivity index (χ1v) is 6.68. The van der Waals surface area contributed by atoms with Crippen LogP contribution in [0.25, 0.3) is 5.52 Å². The molecule has 1 aliphatic rings. The first-order chi connectivity index (χ1) is 9.97. The molecule has 1 unspecified atom stereocenters. The Balaban J connectivity index is 2.25. The Morgan fingerprint density at radius 1 is 1.48 bits per heavy atom. The van der Waals surface area contributed by atoms with Gasteiger partial charge in [0.05, 0.1) is 21.8 Å². The Kier molecular flexibility index (Phi) is 3.36. The Morgan fingerprint density at radius 3 is 2.90 bits per heavy atom. The van der Waals surface area contributed by atoms with Gasteiger partial charge in [0.25, 0.3) is 6.43 Å². The van der Waals surface area contributed by atoms with Crippen molar-refractivity contribution in [2.45, 2.75) is 19.8 Å². The number of alkyl halides is 2. The first-order valence-electron chi connectivity index (χ1n) is 6.30. The normalized spacial score (nSPS) is 19.0. The quantitative estimate of drug-likeness (QED) is 0.927. The van der Waals surface area contributed by atoms with E-state index in [4.69, 9.17) is 11.6 Å². The number of hydrogen-bond donors (Lipinski definition) is 1. The average Bonchev–Trinajstić information content (AvgIpc) is 2.77. The second kappa shape index (κ2) is 5.07. The highest BCUT2D eigenvalue weighted by atomic mass is 35.5. The summed E-state index contributed by atoms with van der Waals surface area (Å²) in [5.74, 6) is -0.496. The minimum Gasteiger partial charge on any atom is -0.273 e. The molecule has 2 aromatic heterocycles. The SMILES string of the molecule is CC1CC(=O)NN=C1c1c(C(F)F)nn2cc(Cl)ccc12. The van der Waals surface area contributed by atoms with Crippen molar-refractivity contribution in [1.29, 1.82) is 0 Å². The van der Waals surface area contributed by atoms with Gasteiger partial charge in [-0.15, -0.1) is 0 Å². The lowest BCUT2D eigenvalue weighted by molar-refractivity contribution is -0.121. The van der Waals surface area contributed by atoms with Crippen molar-refractivity contribution < 1.29 is 13.6 Å². The number of carbonyl (C=O) groups is 1. The number of carbonyl (C=O) groups excluding carboxylic acids is 1. The molecule has 0 fully saturated rings. The van der Waals surface area contributed by atoms with Crippen LogP contribution >= 0.6 is 11.6 Å². The van der Waals surface area contributed by atoms with Crippen LogP contribution in [0.5, 0.6) is 0 Å². The highest BCUT2D eigenvalue weighted by molar-refractivity contribution is 6.30. The molecule has 0 spiro atoms. The van der Waals surface area contributed by atoms with E-state index in [1.54, 1.807) is 19.1 Å². The Hall–Kier alpha value is -2.02. The molecular formula is C13H11ClF2N4O. The summed E-state index contributed by atoms with van der Waals surface area (Å²) in [5.41, 5.74) is 3.12. The molecule has 110 valence electrons. The van der Waals surface area contributed by atoms with E-state index in [2.05, 4.69) is 15.6 Å². The largest absolute Gasteiger partial charge is 0.282 e. The molecule has 0 bridgehead atoms. The van der Waals surface area contributed by atoms with E-state index in [0.717, 1.165) is 0 Å². The van der Waals surface area contributed by atoms with E-state index in [-0.39, 0.29) is 29.5 Å². The molecule has 21 heavy (non-hydrogen) atoms. The van der Waals surface area contributed by atoms with Crippen molar-refractivity contribution in [1.82, 2.24) is 15.0 Å². The third kappa shape index (κ3) is 2.37. The number of hydrazone groups is 1. The van der Waals surface area contributed by atoms with E-state index in [1.807, 2.05) is 0 Å². The van der Waals surface area contributed by atoms with Crippen molar-refractivity contribution in [3.8, 4) is 0 Å². The van der Waals surface area contributed by atoms with Crippen LogP contribution in [0.4, 0.5) is 8.78 Å². The van der Waals surface area contributed by atoms with Crippen LogP contribution in [0.15, 0.2) is 23.4 Å². The van der Waals surface area contributed by atoms with Crippen molar-refractivity contribution in [3.05, 3.63) is 34.6 Å². The predicted molar refractivity (Wildman–Crippen MR) is 73.6 cm³/mol. The lowest BCUT2D eigenvalue weighted by Gasteiger charge is -2.19. The van der Waals surface area contributed by atoms with Gasteiger partial charge in [0.15, 0.2) is 0 Å². The second-order valence-corrected chi connectivity index (χ2v) is 5.31. The summed E-state index contributed by atoms with van der Waals surface area (Å²) in [6.45, 7) is 1.77. The summed E-state index contributed by atoms with van der Waals surface area (Å²) in [6.07, 6.45) is -1.09. The van der Waals surface area contributed by atoms with Gasteiger partial charge >= 0.3 is 0 Å². The third-order valence-corrected chi connectivity index (χ3v) is 3.57. The molecule has 1 aliphatic heterocycles. The molecular weight excluding hydrogens is 302 g/mol. The molecule has 1 amide bonds. The summed E-state index contributed by atoms with van der Waals surface area (Å²) in [6, 6.07) is 3.21. The maximum absolute atomic E-state index is 13.3. The summed E-state index contributed by atoms with van der Waals surface area (Å²) in [7, 11) is 0. The molecule has 0 radical (unpaired) electrons. The van der Waals surface area contributed by atoms with E-state index in [9.17, 15) is 13.6 Å². The Bertz CT molecular complexity index is 756. The Labute approximate surface area is 123 Å². The van der Waals surface area contributed by atoms with Gasteiger partial charge in [-0.05, 0) is 12.1 Å². The fourth-order valence-electron chi connectivity index (χ4n) is 2.41. The smallest absolute Gasteiger partial charge is 0.273 e. The van der Waals surface area contributed by atoms with Gasteiger partial charge in [-0.1, -0.05) is 18.5 Å². The lowest BCUT2D eigenvalue weighted by Crippen LogP contribution is -2.32. The van der Waals surface area contributed by atoms with Gasteiger partial charge in [0, 0.05) is 18.5 Å². The lowest BCUT2D eigenvalue weighted by atomic mass is 9.93. The molecule has 0 aromatic carbocycles. The van der Waals surface area contributed by atoms with Crippen LogP contribution in [0.3, 0.4) is 0 Å². The van der Waals surface area contributed by atoms with Gasteiger partial charge in [-0.3, -0.25) is 4.79 Å². The van der Waals surface area contributed by atoms with Crippen LogP contribution in [-0.2, 0) is 4.79 Å². The van der Waals surface area contributed by atoms with E-state index >= 15 is 0 Å². The van der Waals surface area contributed by atoms with E-state index in [1.165, 1.54) is 10.7 Å². The van der Waals surface area contributed by atoms with Gasteiger partial charge in [0.2, 0.25) is 5.91 Å². The summed E-state index contributed by atoms with van der Waals surface area (Å²) in [4.78, 5) is 11.3. The molecule has 3 rings (SSSR count). The molecule has 5 nitrogen and oxygen atoms in total. The zero-order chi connectivity index (χ0) is 15.1. The van der Waals surface area contributed by atoms with Gasteiger partial charge < -0.3 is 0 Å². The number of hydrogen-bond acceptors (Lipinski definition) is 3. The van der Waals surface area contributed by atoms with Gasteiger partial charge in [0.1, 0.15) is 5.69 Å². The zero-order valence-corrected chi connectivity index (χ0v) is 11.7. The summed E-state index contributed by atoms with van der Waals surface area (Å²) < 4.78 is 27.9. The fourth-order valence-corrected chi connectivity index (χ4v) is 2.57. The van der Waals surface area contributed by atoms with Crippen molar-refractivity contribution in [2.24, 2.45) is 11.0 Å². The number of aromatic nitrogens is 2. The maximum atomic E-state index is 13.3. The van der Waals surface area contributed by atoms with Crippen molar-refractivity contribution >= 4 is 28.7 Å². The molecule has 0 saturated heterocycles. The number of nitrogens with zero attached hydrogens (tertiary/aromatic N) is 3. The van der Waals surface area contributed by atoms with Gasteiger partial charge in [-0.25, -0.2) is 18.7 Å². The number of nitrogens with one attached hydrogen (secondary N) is 1. The molecule has 1 atom stereocenters. The van der Waals surface area contributed by atoms with Crippen LogP contribution in [0, 0.1) is 5.92 Å². The van der Waals surface area contributed by atoms with Crippen molar-refractivity contribution in [2.75, 3.05) is 0 Å². The average molecular weight is 313 g/mol. The standard InChI is InChI=1S/C13H11ClF2N4O/c1-6-4-9(21)17-18-11(6)10-8-3-2-7(14)5-20(8)19-12(10)13(15)16/h2-3,5-6,13H,4H2,1H3,(H,17,21). The van der Waals surface area contributed by atoms with Crippen LogP contribution in [0.1, 0.15) is 31.0 Å². The summed E-state index contributed by atoms with van der Waals surface area (Å²) >= 11 is 5.86. The molecule has 2 aromatic rings. The number of pyridine rings is 1. The van der Waals surface area contributed by atoms with E-state index < -0.39 is 6.43 Å². The highest BCUT2D eigenvalue weighted by Crippen LogP contribution is 2.30. The third-order valence-electron chi connectivity index (χ3n) is 3.34. The fraction of sp³-hybridized carbons (Fsp3) is 0.308. The van der Waals surface area contributed by atoms with Crippen LogP contribution < -0.4 is 5.43 Å². The molecule has 1 N–H and O–H groups in total. The molecule has 3 heterocycles. The maximum Gasteiger partial charge on any atom is 0.282 e. The molecule has 0 aliphatic carbocycles. The highest BCUT2D eigenvalue weighted by Gasteiger charge is 2.30. The minimum absolute atomic E-state index is 0.201. The number of amides is 1. The minimum atomic E-state index is -2.74. The number of halogens is 3. The second-order valence-electron chi connectivity index (χ2n) is 4.88. The summed E-state index contributed by atoms with van der Waals surface area (Å²) in [5, 5.41) is 8.23. The van der Waals surface area contributed by atoms with Crippen molar-refractivity contribution in [3.63, 3.8) is 0 Å². The van der Waals surface area contributed by atoms with E-state index in [0.29, 0.717) is 16.3 Å². The topological polar surface area (TPSA) is 58.8 Å². The zero-order valence-electron chi connectivity index (χ0n) is 11.0. The first kappa shape index (κ1) is 13.9. The molecule has 0 saturated carbocycles. The Morgan fingerprint density at radius 2 is 2.24 bits per heavy atom.